The number of methoxy groups -OCH3 is 1. The molecule has 1 N–H and O–H groups in total. The van der Waals surface area contributed by atoms with Crippen molar-refractivity contribution in [2.75, 3.05) is 12.4 Å². The van der Waals surface area contributed by atoms with Crippen LogP contribution < -0.4 is 10.1 Å². The Morgan fingerprint density at radius 1 is 1.39 bits per heavy atom. The summed E-state index contributed by atoms with van der Waals surface area (Å²) in [5.41, 5.74) is -1.66. The number of nitriles is 1. The van der Waals surface area contributed by atoms with Gasteiger partial charge in [0.15, 0.2) is 17.4 Å². The molecule has 18 heavy (non-hydrogen) atoms. The van der Waals surface area contributed by atoms with Gasteiger partial charge in [-0.15, -0.1) is 0 Å². The minimum Gasteiger partial charge on any atom is -0.494 e. The molecule has 1 amide bonds. The number of benzene rings is 1. The van der Waals surface area contributed by atoms with Crippen LogP contribution in [0.15, 0.2) is 12.1 Å². The topological polar surface area (TPSA) is 62.1 Å². The van der Waals surface area contributed by atoms with Crippen molar-refractivity contribution in [3.63, 3.8) is 0 Å². The number of anilines is 1. The number of carbonyl (C=O) groups excluding carboxylic acids is 1. The van der Waals surface area contributed by atoms with E-state index >= 15 is 0 Å². The van der Waals surface area contributed by atoms with Gasteiger partial charge in [-0.05, 0) is 13.8 Å². The average Bonchev–Trinajstić information content (AvgIpc) is 2.33. The van der Waals surface area contributed by atoms with Gasteiger partial charge < -0.3 is 10.1 Å². The van der Waals surface area contributed by atoms with Crippen LogP contribution in [0.3, 0.4) is 0 Å². The number of hydrogen-bond acceptors (Lipinski definition) is 3. The lowest BCUT2D eigenvalue weighted by molar-refractivity contribution is -0.121. The Kier molecular flexibility index (Phi) is 3.86. The van der Waals surface area contributed by atoms with Gasteiger partial charge in [-0.3, -0.25) is 4.79 Å². The summed E-state index contributed by atoms with van der Waals surface area (Å²) in [4.78, 5) is 11.6. The third-order valence-electron chi connectivity index (χ3n) is 2.34. The molecule has 1 aromatic rings. The highest BCUT2D eigenvalue weighted by atomic mass is 19.1. The Morgan fingerprint density at radius 2 is 2.00 bits per heavy atom. The summed E-state index contributed by atoms with van der Waals surface area (Å²) in [6.45, 7) is 2.75. The predicted molar refractivity (Wildman–Crippen MR) is 60.9 cm³/mol. The fourth-order valence-corrected chi connectivity index (χ4v) is 1.11. The molecule has 6 heteroatoms. The van der Waals surface area contributed by atoms with Gasteiger partial charge in [0, 0.05) is 12.1 Å². The van der Waals surface area contributed by atoms with Crippen molar-refractivity contribution in [1.82, 2.24) is 0 Å². The SMILES string of the molecule is COc1cc(F)c(NC(=O)C(C)(C)C#N)cc1F. The molecular weight excluding hydrogens is 242 g/mol. The molecule has 0 radical (unpaired) electrons. The highest BCUT2D eigenvalue weighted by molar-refractivity contribution is 5.96. The molecule has 0 heterocycles. The summed E-state index contributed by atoms with van der Waals surface area (Å²) < 4.78 is 31.5. The van der Waals surface area contributed by atoms with Crippen LogP contribution >= 0.6 is 0 Å². The van der Waals surface area contributed by atoms with Crippen molar-refractivity contribution in [3.8, 4) is 11.8 Å². The molecule has 0 unspecified atom stereocenters. The standard InChI is InChI=1S/C12H12F2N2O2/c1-12(2,6-15)11(17)16-9-4-8(14)10(18-3)5-7(9)13/h4-5H,1-3H3,(H,16,17). The number of rotatable bonds is 3. The van der Waals surface area contributed by atoms with Gasteiger partial charge in [0.25, 0.3) is 0 Å². The number of hydrogen-bond donors (Lipinski definition) is 1. The van der Waals surface area contributed by atoms with Crippen molar-refractivity contribution < 1.29 is 18.3 Å². The number of amides is 1. The highest BCUT2D eigenvalue weighted by Gasteiger charge is 2.28. The van der Waals surface area contributed by atoms with Gasteiger partial charge >= 0.3 is 0 Å². The smallest absolute Gasteiger partial charge is 0.244 e. The fourth-order valence-electron chi connectivity index (χ4n) is 1.11. The number of carbonyl (C=O) groups is 1. The van der Waals surface area contributed by atoms with Crippen LogP contribution in [0.2, 0.25) is 0 Å². The second-order valence-corrected chi connectivity index (χ2v) is 4.16. The number of nitrogens with one attached hydrogen (secondary N) is 1. The van der Waals surface area contributed by atoms with E-state index in [9.17, 15) is 13.6 Å². The molecule has 0 aliphatic rings. The molecule has 0 spiro atoms. The largest absolute Gasteiger partial charge is 0.494 e. The maximum absolute atomic E-state index is 13.5. The van der Waals surface area contributed by atoms with Crippen LogP contribution in [0.5, 0.6) is 5.75 Å². The number of nitrogens with zero attached hydrogens (tertiary/aromatic N) is 1. The zero-order chi connectivity index (χ0) is 13.9. The molecule has 0 aliphatic carbocycles. The van der Waals surface area contributed by atoms with Crippen LogP contribution in [0, 0.1) is 28.4 Å². The summed E-state index contributed by atoms with van der Waals surface area (Å²) in [7, 11) is 1.20. The van der Waals surface area contributed by atoms with E-state index in [4.69, 9.17) is 5.26 Å². The van der Waals surface area contributed by atoms with E-state index in [1.165, 1.54) is 21.0 Å². The maximum atomic E-state index is 13.5. The van der Waals surface area contributed by atoms with Crippen LogP contribution in [-0.2, 0) is 4.79 Å². The Bertz CT molecular complexity index is 522. The molecule has 0 saturated carbocycles. The molecule has 1 aromatic carbocycles. The van der Waals surface area contributed by atoms with Crippen molar-refractivity contribution >= 4 is 11.6 Å². The maximum Gasteiger partial charge on any atom is 0.244 e. The average molecular weight is 254 g/mol. The van der Waals surface area contributed by atoms with Crippen molar-refractivity contribution in [2.24, 2.45) is 5.41 Å². The summed E-state index contributed by atoms with van der Waals surface area (Å²) in [5, 5.41) is 10.9. The molecule has 0 bridgehead atoms. The van der Waals surface area contributed by atoms with Gasteiger partial charge in [-0.25, -0.2) is 8.78 Å². The van der Waals surface area contributed by atoms with Crippen molar-refractivity contribution in [2.45, 2.75) is 13.8 Å². The monoisotopic (exact) mass is 254 g/mol. The quantitative estimate of drug-likeness (QED) is 0.901. The number of ether oxygens (including phenoxy) is 1. The Labute approximate surface area is 103 Å². The molecule has 96 valence electrons. The molecular formula is C12H12F2N2O2. The van der Waals surface area contributed by atoms with E-state index in [0.717, 1.165) is 12.1 Å². The van der Waals surface area contributed by atoms with Crippen molar-refractivity contribution in [3.05, 3.63) is 23.8 Å². The van der Waals surface area contributed by atoms with E-state index in [1.54, 1.807) is 6.07 Å². The van der Waals surface area contributed by atoms with Gasteiger partial charge in [0.1, 0.15) is 5.41 Å². The minimum atomic E-state index is -1.33. The van der Waals surface area contributed by atoms with Crippen LogP contribution in [-0.4, -0.2) is 13.0 Å². The van der Waals surface area contributed by atoms with Gasteiger partial charge in [0.05, 0.1) is 18.9 Å². The molecule has 1 rings (SSSR count). The molecule has 0 aromatic heterocycles. The van der Waals surface area contributed by atoms with E-state index in [0.29, 0.717) is 0 Å². The number of halogens is 2. The van der Waals surface area contributed by atoms with Crippen LogP contribution in [0.1, 0.15) is 13.8 Å². The van der Waals surface area contributed by atoms with Gasteiger partial charge in [-0.2, -0.15) is 5.26 Å². The van der Waals surface area contributed by atoms with Crippen LogP contribution in [0.25, 0.3) is 0 Å². The second kappa shape index (κ2) is 5.00. The summed E-state index contributed by atoms with van der Waals surface area (Å²) in [6, 6.07) is 3.39. The van der Waals surface area contributed by atoms with Gasteiger partial charge in [0.2, 0.25) is 5.91 Å². The third-order valence-corrected chi connectivity index (χ3v) is 2.34. The summed E-state index contributed by atoms with van der Waals surface area (Å²) in [5.74, 6) is -2.61. The van der Waals surface area contributed by atoms with E-state index in [1.807, 2.05) is 0 Å². The Morgan fingerprint density at radius 3 is 2.50 bits per heavy atom. The predicted octanol–water partition coefficient (Wildman–Crippen LogP) is 2.46. The molecule has 4 nitrogen and oxygen atoms in total. The molecule has 0 aliphatic heterocycles. The molecule has 0 fully saturated rings. The fraction of sp³-hybridized carbons (Fsp3) is 0.333. The molecule has 0 saturated heterocycles. The lowest BCUT2D eigenvalue weighted by Gasteiger charge is -2.15. The summed E-state index contributed by atoms with van der Waals surface area (Å²) >= 11 is 0. The minimum absolute atomic E-state index is 0.259. The zero-order valence-electron chi connectivity index (χ0n) is 10.2. The highest BCUT2D eigenvalue weighted by Crippen LogP contribution is 2.26. The van der Waals surface area contributed by atoms with E-state index < -0.39 is 23.0 Å². The first-order chi connectivity index (χ1) is 8.31. The first-order valence-electron chi connectivity index (χ1n) is 5.07. The summed E-state index contributed by atoms with van der Waals surface area (Å²) in [6.07, 6.45) is 0. The van der Waals surface area contributed by atoms with E-state index in [-0.39, 0.29) is 11.4 Å². The first kappa shape index (κ1) is 13.9. The van der Waals surface area contributed by atoms with Crippen LogP contribution in [0.4, 0.5) is 14.5 Å². The second-order valence-electron chi connectivity index (χ2n) is 4.16. The zero-order valence-corrected chi connectivity index (χ0v) is 10.2. The van der Waals surface area contributed by atoms with Gasteiger partial charge in [-0.1, -0.05) is 0 Å². The molecule has 0 atom stereocenters. The third kappa shape index (κ3) is 2.74. The first-order valence-corrected chi connectivity index (χ1v) is 5.07. The Hall–Kier alpha value is -2.16. The normalized spacial score (nSPS) is 10.7. The lowest BCUT2D eigenvalue weighted by Crippen LogP contribution is -2.29. The van der Waals surface area contributed by atoms with E-state index in [2.05, 4.69) is 10.1 Å². The lowest BCUT2D eigenvalue weighted by atomic mass is 9.94. The Balaban J connectivity index is 3.04. The van der Waals surface area contributed by atoms with Crippen molar-refractivity contribution in [1.29, 1.82) is 5.26 Å².